The minimum atomic E-state index is 0.652. The Kier molecular flexibility index (Phi) is 7.13. The van der Waals surface area contributed by atoms with E-state index in [0.717, 1.165) is 37.6 Å². The summed E-state index contributed by atoms with van der Waals surface area (Å²) in [7, 11) is 3.35. The molecule has 3 heteroatoms. The molecule has 0 aliphatic carbocycles. The molecule has 0 aliphatic rings. The van der Waals surface area contributed by atoms with Crippen LogP contribution in [0.2, 0.25) is 0 Å². The molecule has 0 saturated carbocycles. The number of benzene rings is 2. The third kappa shape index (κ3) is 5.57. The highest BCUT2D eigenvalue weighted by molar-refractivity contribution is 5.42. The van der Waals surface area contributed by atoms with E-state index in [1.54, 1.807) is 14.2 Å². The lowest BCUT2D eigenvalue weighted by molar-refractivity contribution is 0.239. The number of hydrogen-bond donors (Lipinski definition) is 0. The lowest BCUT2D eigenvalue weighted by atomic mass is 10.1. The van der Waals surface area contributed by atoms with Gasteiger partial charge in [0.15, 0.2) is 11.5 Å². The molecular weight excluding hydrogens is 298 g/mol. The topological polar surface area (TPSA) is 21.7 Å². The predicted molar refractivity (Wildman–Crippen MR) is 99.8 cm³/mol. The standard InChI is InChI=1S/C21H29NO2/c1-17(2)15-22(16-19-8-6-5-7-9-19)13-12-18-10-11-20(23-3)21(14-18)24-4/h5-11,14,17H,12-13,15-16H2,1-4H3. The zero-order valence-electron chi connectivity index (χ0n) is 15.3. The van der Waals surface area contributed by atoms with Gasteiger partial charge in [-0.25, -0.2) is 0 Å². The van der Waals surface area contributed by atoms with Crippen LogP contribution in [0.15, 0.2) is 48.5 Å². The van der Waals surface area contributed by atoms with E-state index in [2.05, 4.69) is 61.2 Å². The number of hydrogen-bond acceptors (Lipinski definition) is 3. The van der Waals surface area contributed by atoms with Gasteiger partial charge in [0, 0.05) is 19.6 Å². The van der Waals surface area contributed by atoms with Crippen molar-refractivity contribution in [3.8, 4) is 11.5 Å². The third-order valence-electron chi connectivity index (χ3n) is 4.04. The monoisotopic (exact) mass is 327 g/mol. The van der Waals surface area contributed by atoms with Crippen LogP contribution in [0.25, 0.3) is 0 Å². The fraction of sp³-hybridized carbons (Fsp3) is 0.429. The summed E-state index contributed by atoms with van der Waals surface area (Å²) in [6.07, 6.45) is 1.000. The molecule has 130 valence electrons. The molecule has 3 nitrogen and oxygen atoms in total. The van der Waals surface area contributed by atoms with Crippen molar-refractivity contribution in [2.45, 2.75) is 26.8 Å². The van der Waals surface area contributed by atoms with Crippen LogP contribution < -0.4 is 9.47 Å². The molecule has 0 heterocycles. The highest BCUT2D eigenvalue weighted by Gasteiger charge is 2.10. The fourth-order valence-corrected chi connectivity index (χ4v) is 2.92. The number of rotatable bonds is 9. The van der Waals surface area contributed by atoms with Gasteiger partial charge in [0.2, 0.25) is 0 Å². The average Bonchev–Trinajstić information content (AvgIpc) is 2.59. The second kappa shape index (κ2) is 9.33. The molecule has 24 heavy (non-hydrogen) atoms. The van der Waals surface area contributed by atoms with Gasteiger partial charge < -0.3 is 9.47 Å². The molecule has 0 radical (unpaired) electrons. The summed E-state index contributed by atoms with van der Waals surface area (Å²) in [4.78, 5) is 2.52. The average molecular weight is 327 g/mol. The van der Waals surface area contributed by atoms with Gasteiger partial charge in [-0.05, 0) is 35.6 Å². The number of methoxy groups -OCH3 is 2. The summed E-state index contributed by atoms with van der Waals surface area (Å²) in [5.41, 5.74) is 2.64. The van der Waals surface area contributed by atoms with Crippen molar-refractivity contribution in [1.29, 1.82) is 0 Å². The highest BCUT2D eigenvalue weighted by Crippen LogP contribution is 2.27. The molecule has 2 aromatic carbocycles. The van der Waals surface area contributed by atoms with Crippen molar-refractivity contribution in [1.82, 2.24) is 4.90 Å². The maximum atomic E-state index is 5.41. The molecule has 0 saturated heterocycles. The van der Waals surface area contributed by atoms with E-state index < -0.39 is 0 Å². The van der Waals surface area contributed by atoms with Crippen LogP contribution in [0, 0.1) is 5.92 Å². The maximum absolute atomic E-state index is 5.41. The Morgan fingerprint density at radius 3 is 2.21 bits per heavy atom. The molecule has 0 bridgehead atoms. The Labute approximate surface area is 146 Å². The van der Waals surface area contributed by atoms with Crippen molar-refractivity contribution >= 4 is 0 Å². The van der Waals surface area contributed by atoms with Crippen LogP contribution in [0.5, 0.6) is 11.5 Å². The summed E-state index contributed by atoms with van der Waals surface area (Å²) in [6, 6.07) is 16.9. The van der Waals surface area contributed by atoms with Gasteiger partial charge in [-0.3, -0.25) is 4.90 Å². The normalized spacial score (nSPS) is 11.1. The van der Waals surface area contributed by atoms with Crippen molar-refractivity contribution in [2.75, 3.05) is 27.3 Å². The molecule has 0 aromatic heterocycles. The molecule has 0 N–H and O–H groups in total. The molecule has 0 unspecified atom stereocenters. The van der Waals surface area contributed by atoms with E-state index in [0.29, 0.717) is 5.92 Å². The summed E-state index contributed by atoms with van der Waals surface area (Å²) in [6.45, 7) is 7.67. The molecule has 0 fully saturated rings. The highest BCUT2D eigenvalue weighted by atomic mass is 16.5. The van der Waals surface area contributed by atoms with E-state index in [4.69, 9.17) is 9.47 Å². The molecule has 0 amide bonds. The van der Waals surface area contributed by atoms with Crippen LogP contribution in [0.3, 0.4) is 0 Å². The van der Waals surface area contributed by atoms with Gasteiger partial charge in [-0.15, -0.1) is 0 Å². The van der Waals surface area contributed by atoms with Crippen molar-refractivity contribution in [3.05, 3.63) is 59.7 Å². The summed E-state index contributed by atoms with van der Waals surface area (Å²) in [5, 5.41) is 0. The lowest BCUT2D eigenvalue weighted by Crippen LogP contribution is -2.29. The maximum Gasteiger partial charge on any atom is 0.160 e. The van der Waals surface area contributed by atoms with Crippen molar-refractivity contribution < 1.29 is 9.47 Å². The number of ether oxygens (including phenoxy) is 2. The zero-order chi connectivity index (χ0) is 17.4. The van der Waals surface area contributed by atoms with E-state index in [1.165, 1.54) is 11.1 Å². The Balaban J connectivity index is 2.01. The van der Waals surface area contributed by atoms with Crippen molar-refractivity contribution in [3.63, 3.8) is 0 Å². The first kappa shape index (κ1) is 18.3. The first-order valence-corrected chi connectivity index (χ1v) is 8.59. The van der Waals surface area contributed by atoms with Gasteiger partial charge in [0.05, 0.1) is 14.2 Å². The minimum absolute atomic E-state index is 0.652. The second-order valence-corrected chi connectivity index (χ2v) is 6.55. The lowest BCUT2D eigenvalue weighted by Gasteiger charge is -2.24. The van der Waals surface area contributed by atoms with Gasteiger partial charge >= 0.3 is 0 Å². The fourth-order valence-electron chi connectivity index (χ4n) is 2.92. The van der Waals surface area contributed by atoms with E-state index in [1.807, 2.05) is 6.07 Å². The van der Waals surface area contributed by atoms with Crippen LogP contribution in [-0.2, 0) is 13.0 Å². The second-order valence-electron chi connectivity index (χ2n) is 6.55. The first-order valence-electron chi connectivity index (χ1n) is 8.59. The van der Waals surface area contributed by atoms with Crippen molar-refractivity contribution in [2.24, 2.45) is 5.92 Å². The van der Waals surface area contributed by atoms with Crippen LogP contribution in [0.4, 0.5) is 0 Å². The SMILES string of the molecule is COc1ccc(CCN(Cc2ccccc2)CC(C)C)cc1OC. The molecule has 0 aliphatic heterocycles. The van der Waals surface area contributed by atoms with E-state index >= 15 is 0 Å². The first-order chi connectivity index (χ1) is 11.6. The van der Waals surface area contributed by atoms with E-state index in [9.17, 15) is 0 Å². The largest absolute Gasteiger partial charge is 0.493 e. The molecule has 0 atom stereocenters. The number of nitrogens with zero attached hydrogens (tertiary/aromatic N) is 1. The van der Waals surface area contributed by atoms with Crippen LogP contribution >= 0.6 is 0 Å². The molecule has 2 rings (SSSR count). The predicted octanol–water partition coefficient (Wildman–Crippen LogP) is 4.40. The minimum Gasteiger partial charge on any atom is -0.493 e. The van der Waals surface area contributed by atoms with Gasteiger partial charge in [-0.1, -0.05) is 50.2 Å². The Morgan fingerprint density at radius 1 is 0.875 bits per heavy atom. The molecule has 0 spiro atoms. The Hall–Kier alpha value is -2.00. The van der Waals surface area contributed by atoms with Crippen LogP contribution in [-0.4, -0.2) is 32.2 Å². The van der Waals surface area contributed by atoms with Crippen LogP contribution in [0.1, 0.15) is 25.0 Å². The Morgan fingerprint density at radius 2 is 1.58 bits per heavy atom. The summed E-state index contributed by atoms with van der Waals surface area (Å²) in [5.74, 6) is 2.23. The summed E-state index contributed by atoms with van der Waals surface area (Å²) < 4.78 is 10.7. The van der Waals surface area contributed by atoms with Gasteiger partial charge in [-0.2, -0.15) is 0 Å². The quantitative estimate of drug-likeness (QED) is 0.681. The smallest absolute Gasteiger partial charge is 0.160 e. The molecular formula is C21H29NO2. The molecule has 2 aromatic rings. The van der Waals surface area contributed by atoms with Gasteiger partial charge in [0.25, 0.3) is 0 Å². The van der Waals surface area contributed by atoms with Gasteiger partial charge in [0.1, 0.15) is 0 Å². The van der Waals surface area contributed by atoms with E-state index in [-0.39, 0.29) is 0 Å². The summed E-state index contributed by atoms with van der Waals surface area (Å²) >= 11 is 0. The zero-order valence-corrected chi connectivity index (χ0v) is 15.3. The Bertz CT molecular complexity index is 610. The third-order valence-corrected chi connectivity index (χ3v) is 4.04.